The Kier molecular flexibility index (Phi) is 5.57. The van der Waals surface area contributed by atoms with Gasteiger partial charge in [0, 0.05) is 5.56 Å². The Morgan fingerprint density at radius 3 is 2.17 bits per heavy atom. The normalized spacial score (nSPS) is 10.8. The summed E-state index contributed by atoms with van der Waals surface area (Å²) in [5.41, 5.74) is 4.61. The van der Waals surface area contributed by atoms with Crippen LogP contribution in [0.4, 0.5) is 11.4 Å². The quantitative estimate of drug-likeness (QED) is 0.335. The zero-order valence-electron chi connectivity index (χ0n) is 15.9. The van der Waals surface area contributed by atoms with E-state index in [4.69, 9.17) is 4.84 Å². The molecule has 4 aromatic rings. The van der Waals surface area contributed by atoms with Crippen LogP contribution < -0.4 is 5.48 Å². The summed E-state index contributed by atoms with van der Waals surface area (Å²) < 4.78 is 0. The molecule has 4 rings (SSSR count). The van der Waals surface area contributed by atoms with Crippen LogP contribution in [0.25, 0.3) is 10.8 Å². The summed E-state index contributed by atoms with van der Waals surface area (Å²) in [5, 5.41) is 9.67. The Morgan fingerprint density at radius 2 is 1.40 bits per heavy atom. The van der Waals surface area contributed by atoms with Gasteiger partial charge in [-0.2, -0.15) is 0 Å². The number of benzene rings is 4. The first-order chi connectivity index (χ1) is 14.7. The minimum Gasteiger partial charge on any atom is -0.338 e. The van der Waals surface area contributed by atoms with Crippen LogP contribution in [-0.4, -0.2) is 11.9 Å². The van der Waals surface area contributed by atoms with Gasteiger partial charge in [0.2, 0.25) is 0 Å². The molecule has 4 aromatic carbocycles. The number of rotatable bonds is 5. The molecule has 0 unspecified atom stereocenters. The number of nitrogens with one attached hydrogen (secondary N) is 1. The summed E-state index contributed by atoms with van der Waals surface area (Å²) in [6, 6.07) is 28.6. The Balaban J connectivity index is 1.35. The van der Waals surface area contributed by atoms with E-state index < -0.39 is 11.9 Å². The molecule has 1 N–H and O–H groups in total. The maximum Gasteiger partial charge on any atom is 0.362 e. The molecule has 1 amide bonds. The lowest BCUT2D eigenvalue weighted by Gasteiger charge is -2.07. The molecule has 0 radical (unpaired) electrons. The number of amides is 1. The second-order valence-corrected chi connectivity index (χ2v) is 6.47. The lowest BCUT2D eigenvalue weighted by atomic mass is 10.1. The van der Waals surface area contributed by atoms with Gasteiger partial charge in [0.25, 0.3) is 5.91 Å². The van der Waals surface area contributed by atoms with Gasteiger partial charge >= 0.3 is 5.97 Å². The molecule has 0 aliphatic carbocycles. The maximum absolute atomic E-state index is 12.3. The van der Waals surface area contributed by atoms with Crippen molar-refractivity contribution in [2.75, 3.05) is 5.48 Å². The first-order valence-electron chi connectivity index (χ1n) is 9.26. The molecule has 6 nitrogen and oxygen atoms in total. The van der Waals surface area contributed by atoms with Crippen LogP contribution in [0, 0.1) is 0 Å². The maximum atomic E-state index is 12.3. The zero-order valence-corrected chi connectivity index (χ0v) is 15.9. The molecule has 0 aromatic heterocycles. The number of hydrogen-bond acceptors (Lipinski definition) is 5. The third-order valence-corrected chi connectivity index (χ3v) is 4.39. The van der Waals surface area contributed by atoms with Gasteiger partial charge in [-0.3, -0.25) is 4.79 Å². The molecule has 0 atom stereocenters. The molecule has 0 spiro atoms. The average molecular weight is 395 g/mol. The zero-order chi connectivity index (χ0) is 20.8. The summed E-state index contributed by atoms with van der Waals surface area (Å²) in [6.45, 7) is 0. The highest BCUT2D eigenvalue weighted by atomic mass is 16.7. The summed E-state index contributed by atoms with van der Waals surface area (Å²) in [6.07, 6.45) is 0. The summed E-state index contributed by atoms with van der Waals surface area (Å²) >= 11 is 0. The number of hydrogen-bond donors (Lipinski definition) is 1. The number of fused-ring (bicyclic) bond motifs is 1. The number of carbonyl (C=O) groups is 2. The van der Waals surface area contributed by atoms with E-state index in [0.717, 1.165) is 10.8 Å². The highest BCUT2D eigenvalue weighted by Crippen LogP contribution is 2.19. The Hall–Kier alpha value is -4.32. The van der Waals surface area contributed by atoms with Crippen LogP contribution in [0.2, 0.25) is 0 Å². The van der Waals surface area contributed by atoms with Crippen molar-refractivity contribution >= 4 is 34.0 Å². The van der Waals surface area contributed by atoms with Gasteiger partial charge in [0.15, 0.2) is 0 Å². The molecule has 0 aliphatic heterocycles. The molecule has 0 aliphatic rings. The van der Waals surface area contributed by atoms with Gasteiger partial charge in [0.05, 0.1) is 16.9 Å². The van der Waals surface area contributed by atoms with E-state index in [1.54, 1.807) is 60.7 Å². The van der Waals surface area contributed by atoms with Crippen molar-refractivity contribution in [3.8, 4) is 0 Å². The van der Waals surface area contributed by atoms with E-state index in [0.29, 0.717) is 22.5 Å². The fourth-order valence-corrected chi connectivity index (χ4v) is 2.82. The van der Waals surface area contributed by atoms with Crippen molar-refractivity contribution in [3.05, 3.63) is 108 Å². The molecule has 146 valence electrons. The summed E-state index contributed by atoms with van der Waals surface area (Å²) in [4.78, 5) is 29.4. The van der Waals surface area contributed by atoms with Gasteiger partial charge in [-0.25, -0.2) is 10.3 Å². The number of carbonyl (C=O) groups excluding carboxylic acids is 2. The van der Waals surface area contributed by atoms with Crippen molar-refractivity contribution in [2.24, 2.45) is 10.2 Å². The fraction of sp³-hybridized carbons (Fsp3) is 0. The van der Waals surface area contributed by atoms with Crippen LogP contribution in [-0.2, 0) is 4.84 Å². The Labute approximate surface area is 172 Å². The number of anilines is 1. The van der Waals surface area contributed by atoms with E-state index in [-0.39, 0.29) is 0 Å². The minimum absolute atomic E-state index is 0.415. The molecule has 0 fully saturated rings. The van der Waals surface area contributed by atoms with Crippen molar-refractivity contribution < 1.29 is 14.4 Å². The number of azo groups is 1. The fourth-order valence-electron chi connectivity index (χ4n) is 2.82. The van der Waals surface area contributed by atoms with Crippen molar-refractivity contribution in [1.82, 2.24) is 0 Å². The van der Waals surface area contributed by atoms with Gasteiger partial charge in [-0.05, 0) is 59.3 Å². The Morgan fingerprint density at radius 1 is 0.700 bits per heavy atom. The molecule has 0 bridgehead atoms. The first-order valence-corrected chi connectivity index (χ1v) is 9.26. The van der Waals surface area contributed by atoms with Gasteiger partial charge in [0.1, 0.15) is 0 Å². The molecule has 0 saturated heterocycles. The SMILES string of the molecule is O=C(N=Nc1ccc(NOC(=O)c2ccc3ccccc3c2)cc1)c1ccccc1. The van der Waals surface area contributed by atoms with Crippen molar-refractivity contribution in [2.45, 2.75) is 0 Å². The third kappa shape index (κ3) is 4.56. The van der Waals surface area contributed by atoms with Gasteiger partial charge in [-0.1, -0.05) is 48.5 Å². The largest absolute Gasteiger partial charge is 0.362 e. The predicted octanol–water partition coefficient (Wildman–Crippen LogP) is 5.95. The lowest BCUT2D eigenvalue weighted by molar-refractivity contribution is 0.0596. The van der Waals surface area contributed by atoms with Gasteiger partial charge in [-0.15, -0.1) is 10.2 Å². The Bertz CT molecular complexity index is 1220. The van der Waals surface area contributed by atoms with E-state index in [1.165, 1.54) is 0 Å². The van der Waals surface area contributed by atoms with Gasteiger partial charge < -0.3 is 4.84 Å². The minimum atomic E-state index is -0.488. The standard InChI is InChI=1S/C24H17N3O3/c28-23(18-7-2-1-3-8-18)26-25-21-12-14-22(15-13-21)27-30-24(29)20-11-10-17-6-4-5-9-19(17)16-20/h1-16,27H. The molecular weight excluding hydrogens is 378 g/mol. The third-order valence-electron chi connectivity index (χ3n) is 4.39. The second-order valence-electron chi connectivity index (χ2n) is 6.47. The summed E-state index contributed by atoms with van der Waals surface area (Å²) in [7, 11) is 0. The van der Waals surface area contributed by atoms with Crippen LogP contribution in [0.15, 0.2) is 107 Å². The topological polar surface area (TPSA) is 80.1 Å². The average Bonchev–Trinajstić information content (AvgIpc) is 2.82. The van der Waals surface area contributed by atoms with E-state index in [2.05, 4.69) is 15.7 Å². The monoisotopic (exact) mass is 395 g/mol. The van der Waals surface area contributed by atoms with E-state index in [9.17, 15) is 9.59 Å². The van der Waals surface area contributed by atoms with Crippen LogP contribution in [0.1, 0.15) is 20.7 Å². The molecule has 0 saturated carbocycles. The van der Waals surface area contributed by atoms with Crippen LogP contribution in [0.5, 0.6) is 0 Å². The van der Waals surface area contributed by atoms with E-state index in [1.807, 2.05) is 36.4 Å². The second kappa shape index (κ2) is 8.79. The van der Waals surface area contributed by atoms with Crippen molar-refractivity contribution in [1.29, 1.82) is 0 Å². The summed E-state index contributed by atoms with van der Waals surface area (Å²) in [5.74, 6) is -0.903. The lowest BCUT2D eigenvalue weighted by Crippen LogP contribution is -2.10. The molecule has 0 heterocycles. The number of nitrogens with zero attached hydrogens (tertiary/aromatic N) is 2. The molecular formula is C24H17N3O3. The highest BCUT2D eigenvalue weighted by molar-refractivity contribution is 5.96. The van der Waals surface area contributed by atoms with Crippen LogP contribution >= 0.6 is 0 Å². The van der Waals surface area contributed by atoms with Crippen molar-refractivity contribution in [3.63, 3.8) is 0 Å². The molecule has 6 heteroatoms. The smallest absolute Gasteiger partial charge is 0.338 e. The molecule has 30 heavy (non-hydrogen) atoms. The first kappa shape index (κ1) is 19.0. The van der Waals surface area contributed by atoms with E-state index >= 15 is 0 Å². The predicted molar refractivity (Wildman–Crippen MR) is 115 cm³/mol. The van der Waals surface area contributed by atoms with Crippen LogP contribution in [0.3, 0.4) is 0 Å². The highest BCUT2D eigenvalue weighted by Gasteiger charge is 2.08.